The lowest BCUT2D eigenvalue weighted by Gasteiger charge is -2.31. The van der Waals surface area contributed by atoms with Crippen LogP contribution in [0.25, 0.3) is 0 Å². The first-order valence-electron chi connectivity index (χ1n) is 6.07. The lowest BCUT2D eigenvalue weighted by Crippen LogP contribution is -2.41. The smallest absolute Gasteiger partial charge is 0.0900 e. The van der Waals surface area contributed by atoms with Crippen LogP contribution in [-0.2, 0) is 11.8 Å². The number of rotatable bonds is 7. The van der Waals surface area contributed by atoms with Crippen LogP contribution in [0.5, 0.6) is 0 Å². The van der Waals surface area contributed by atoms with Gasteiger partial charge in [0.2, 0.25) is 0 Å². The summed E-state index contributed by atoms with van der Waals surface area (Å²) in [4.78, 5) is 2.03. The number of aliphatic hydroxyl groups is 1. The number of hydrogen-bond donors (Lipinski definition) is 2. The molecule has 6 heteroatoms. The molecule has 0 saturated carbocycles. The summed E-state index contributed by atoms with van der Waals surface area (Å²) >= 11 is 0. The summed E-state index contributed by atoms with van der Waals surface area (Å²) in [6, 6.07) is -0.0147. The molecule has 0 bridgehead atoms. The van der Waals surface area contributed by atoms with Crippen LogP contribution in [0.4, 0.5) is 0 Å². The molecule has 0 saturated heterocycles. The van der Waals surface area contributed by atoms with E-state index >= 15 is 0 Å². The average Bonchev–Trinajstić information content (AvgIpc) is 2.64. The Kier molecular flexibility index (Phi) is 5.74. The first-order chi connectivity index (χ1) is 8.45. The van der Waals surface area contributed by atoms with Gasteiger partial charge in [0.15, 0.2) is 0 Å². The molecular weight excluding hydrogens is 232 g/mol. The minimum Gasteiger partial charge on any atom is -0.389 e. The SMILES string of the molecule is COCC(O)CN(C)C(c1cnn(C)c1)C(C)N. The summed E-state index contributed by atoms with van der Waals surface area (Å²) in [5.74, 6) is 0. The largest absolute Gasteiger partial charge is 0.389 e. The molecule has 104 valence electrons. The van der Waals surface area contributed by atoms with Crippen molar-refractivity contribution in [3.8, 4) is 0 Å². The van der Waals surface area contributed by atoms with Crippen molar-refractivity contribution >= 4 is 0 Å². The Labute approximate surface area is 108 Å². The second-order valence-electron chi connectivity index (χ2n) is 4.80. The van der Waals surface area contributed by atoms with E-state index in [0.717, 1.165) is 5.56 Å². The molecule has 1 rings (SSSR count). The van der Waals surface area contributed by atoms with Gasteiger partial charge < -0.3 is 15.6 Å². The van der Waals surface area contributed by atoms with E-state index in [4.69, 9.17) is 10.5 Å². The van der Waals surface area contributed by atoms with Gasteiger partial charge in [-0.15, -0.1) is 0 Å². The second-order valence-corrected chi connectivity index (χ2v) is 4.80. The highest BCUT2D eigenvalue weighted by Crippen LogP contribution is 2.21. The summed E-state index contributed by atoms with van der Waals surface area (Å²) < 4.78 is 6.68. The quantitative estimate of drug-likeness (QED) is 0.703. The fourth-order valence-corrected chi connectivity index (χ4v) is 2.24. The van der Waals surface area contributed by atoms with Gasteiger partial charge in [0.05, 0.1) is 24.9 Å². The molecule has 1 aromatic rings. The van der Waals surface area contributed by atoms with Crippen LogP contribution in [0.15, 0.2) is 12.4 Å². The minimum absolute atomic E-state index is 0.0326. The Bertz CT molecular complexity index is 354. The zero-order valence-electron chi connectivity index (χ0n) is 11.6. The Morgan fingerprint density at radius 2 is 2.28 bits per heavy atom. The molecule has 1 aromatic heterocycles. The van der Waals surface area contributed by atoms with E-state index in [1.165, 1.54) is 0 Å². The predicted octanol–water partition coefficient (Wildman–Crippen LogP) is -0.252. The van der Waals surface area contributed by atoms with Gasteiger partial charge in [-0.25, -0.2) is 0 Å². The van der Waals surface area contributed by atoms with Gasteiger partial charge in [0, 0.05) is 38.5 Å². The first-order valence-corrected chi connectivity index (χ1v) is 6.07. The topological polar surface area (TPSA) is 76.5 Å². The summed E-state index contributed by atoms with van der Waals surface area (Å²) in [5.41, 5.74) is 7.09. The Balaban J connectivity index is 2.73. The van der Waals surface area contributed by atoms with Crippen molar-refractivity contribution in [3.63, 3.8) is 0 Å². The molecule has 3 N–H and O–H groups in total. The molecule has 0 aliphatic rings. The maximum absolute atomic E-state index is 9.77. The molecule has 0 aromatic carbocycles. The molecular formula is C12H24N4O2. The molecule has 0 aliphatic carbocycles. The minimum atomic E-state index is -0.516. The van der Waals surface area contributed by atoms with Gasteiger partial charge in [0.25, 0.3) is 0 Å². The predicted molar refractivity (Wildman–Crippen MR) is 70.1 cm³/mol. The fraction of sp³-hybridized carbons (Fsp3) is 0.750. The molecule has 1 heterocycles. The van der Waals surface area contributed by atoms with Crippen LogP contribution < -0.4 is 5.73 Å². The van der Waals surface area contributed by atoms with Crippen molar-refractivity contribution in [2.45, 2.75) is 25.1 Å². The summed E-state index contributed by atoms with van der Waals surface area (Å²) in [5, 5.41) is 13.9. The molecule has 0 amide bonds. The van der Waals surface area contributed by atoms with Gasteiger partial charge >= 0.3 is 0 Å². The average molecular weight is 256 g/mol. The third-order valence-corrected chi connectivity index (χ3v) is 2.90. The van der Waals surface area contributed by atoms with E-state index in [9.17, 15) is 5.11 Å². The van der Waals surface area contributed by atoms with Crippen molar-refractivity contribution < 1.29 is 9.84 Å². The number of aliphatic hydroxyl groups excluding tert-OH is 1. The number of likely N-dealkylation sites (N-methyl/N-ethyl adjacent to an activating group) is 1. The highest BCUT2D eigenvalue weighted by molar-refractivity contribution is 5.12. The summed E-state index contributed by atoms with van der Waals surface area (Å²) in [6.45, 7) is 2.79. The van der Waals surface area contributed by atoms with Gasteiger partial charge in [-0.1, -0.05) is 0 Å². The lowest BCUT2D eigenvalue weighted by atomic mass is 10.0. The van der Waals surface area contributed by atoms with E-state index in [2.05, 4.69) is 5.10 Å². The second kappa shape index (κ2) is 6.84. The first kappa shape index (κ1) is 15.1. The number of ether oxygens (including phenoxy) is 1. The van der Waals surface area contributed by atoms with Crippen LogP contribution in [0.1, 0.15) is 18.5 Å². The van der Waals surface area contributed by atoms with E-state index in [1.54, 1.807) is 11.8 Å². The van der Waals surface area contributed by atoms with Crippen molar-refractivity contribution in [2.24, 2.45) is 12.8 Å². The van der Waals surface area contributed by atoms with Gasteiger partial charge in [-0.3, -0.25) is 9.58 Å². The molecule has 6 nitrogen and oxygen atoms in total. The zero-order chi connectivity index (χ0) is 13.7. The lowest BCUT2D eigenvalue weighted by molar-refractivity contribution is 0.0317. The third kappa shape index (κ3) is 4.06. The van der Waals surface area contributed by atoms with Crippen molar-refractivity contribution in [1.29, 1.82) is 0 Å². The summed E-state index contributed by atoms with van der Waals surface area (Å²) in [7, 11) is 5.40. The number of aryl methyl sites for hydroxylation is 1. The van der Waals surface area contributed by atoms with Crippen molar-refractivity contribution in [3.05, 3.63) is 18.0 Å². The third-order valence-electron chi connectivity index (χ3n) is 2.90. The molecule has 0 spiro atoms. The van der Waals surface area contributed by atoms with E-state index in [-0.39, 0.29) is 12.1 Å². The van der Waals surface area contributed by atoms with Gasteiger partial charge in [-0.05, 0) is 14.0 Å². The summed E-state index contributed by atoms with van der Waals surface area (Å²) in [6.07, 6.45) is 3.25. The van der Waals surface area contributed by atoms with E-state index < -0.39 is 6.10 Å². The number of hydrogen-bond acceptors (Lipinski definition) is 5. The molecule has 3 unspecified atom stereocenters. The zero-order valence-corrected chi connectivity index (χ0v) is 11.6. The maximum atomic E-state index is 9.77. The van der Waals surface area contributed by atoms with Crippen LogP contribution >= 0.6 is 0 Å². The Morgan fingerprint density at radius 3 is 2.72 bits per heavy atom. The van der Waals surface area contributed by atoms with Crippen molar-refractivity contribution in [2.75, 3.05) is 27.3 Å². The van der Waals surface area contributed by atoms with E-state index in [0.29, 0.717) is 13.2 Å². The highest BCUT2D eigenvalue weighted by Gasteiger charge is 2.24. The normalized spacial score (nSPS) is 16.8. The van der Waals surface area contributed by atoms with Crippen molar-refractivity contribution in [1.82, 2.24) is 14.7 Å². The monoisotopic (exact) mass is 256 g/mol. The fourth-order valence-electron chi connectivity index (χ4n) is 2.24. The number of nitrogens with two attached hydrogens (primary N) is 1. The Morgan fingerprint density at radius 1 is 1.61 bits per heavy atom. The highest BCUT2D eigenvalue weighted by atomic mass is 16.5. The number of methoxy groups -OCH3 is 1. The number of aromatic nitrogens is 2. The Hall–Kier alpha value is -0.950. The van der Waals surface area contributed by atoms with Crippen LogP contribution in [0.3, 0.4) is 0 Å². The standard InChI is InChI=1S/C12H24N4O2/c1-9(13)12(10-5-14-16(3)6-10)15(2)7-11(17)8-18-4/h5-6,9,11-12,17H,7-8,13H2,1-4H3. The number of nitrogens with zero attached hydrogens (tertiary/aromatic N) is 3. The molecule has 18 heavy (non-hydrogen) atoms. The van der Waals surface area contributed by atoms with Crippen LogP contribution in [0.2, 0.25) is 0 Å². The molecule has 0 radical (unpaired) electrons. The van der Waals surface area contributed by atoms with E-state index in [1.807, 2.05) is 38.3 Å². The molecule has 3 atom stereocenters. The van der Waals surface area contributed by atoms with Gasteiger partial charge in [0.1, 0.15) is 0 Å². The van der Waals surface area contributed by atoms with Crippen LogP contribution in [-0.4, -0.2) is 59.2 Å². The van der Waals surface area contributed by atoms with Gasteiger partial charge in [-0.2, -0.15) is 5.10 Å². The molecule has 0 aliphatic heterocycles. The maximum Gasteiger partial charge on any atom is 0.0900 e. The van der Waals surface area contributed by atoms with Crippen LogP contribution in [0, 0.1) is 0 Å². The molecule has 0 fully saturated rings.